The molecule has 2 aliphatic carbocycles. The van der Waals surface area contributed by atoms with Crippen molar-refractivity contribution in [3.8, 4) is 0 Å². The van der Waals surface area contributed by atoms with Gasteiger partial charge in [-0.2, -0.15) is 0 Å². The Hall–Kier alpha value is -0.0400. The first-order valence-electron chi connectivity index (χ1n) is 2.97. The maximum atomic E-state index is 9.26. The molecule has 0 saturated heterocycles. The van der Waals surface area contributed by atoms with Crippen LogP contribution in [-0.2, 0) is 0 Å². The van der Waals surface area contributed by atoms with E-state index in [2.05, 4.69) is 6.92 Å². The lowest BCUT2D eigenvalue weighted by Crippen LogP contribution is -2.20. The van der Waals surface area contributed by atoms with Crippen molar-refractivity contribution in [2.24, 2.45) is 11.8 Å². The van der Waals surface area contributed by atoms with Crippen molar-refractivity contribution < 1.29 is 5.11 Å². The zero-order valence-corrected chi connectivity index (χ0v) is 4.52. The minimum absolute atomic E-state index is 0.153. The van der Waals surface area contributed by atoms with Gasteiger partial charge >= 0.3 is 0 Å². The molecule has 0 aromatic rings. The molecule has 7 heavy (non-hydrogen) atoms. The van der Waals surface area contributed by atoms with E-state index >= 15 is 0 Å². The number of hydrogen-bond donors (Lipinski definition) is 1. The summed E-state index contributed by atoms with van der Waals surface area (Å²) in [7, 11) is 0. The molecule has 0 amide bonds. The molecule has 1 nitrogen and oxygen atoms in total. The lowest BCUT2D eigenvalue weighted by atomic mass is 9.97. The second kappa shape index (κ2) is 0.752. The predicted molar refractivity (Wildman–Crippen MR) is 26.8 cm³/mol. The van der Waals surface area contributed by atoms with Crippen LogP contribution in [0.5, 0.6) is 0 Å². The standard InChI is InChI=1S/C6H10O/c1-4-5-2-3-6(4,5)7/h4-5,7H,2-3H2,1H3. The maximum Gasteiger partial charge on any atom is 0.0708 e. The average molecular weight is 98.1 g/mol. The van der Waals surface area contributed by atoms with Gasteiger partial charge < -0.3 is 5.11 Å². The summed E-state index contributed by atoms with van der Waals surface area (Å²) in [5.41, 5.74) is -0.153. The average Bonchev–Trinajstić information content (AvgIpc) is 1.86. The lowest BCUT2D eigenvalue weighted by molar-refractivity contribution is 0.0643. The fraction of sp³-hybridized carbons (Fsp3) is 1.00. The second-order valence-corrected chi connectivity index (χ2v) is 2.93. The topological polar surface area (TPSA) is 20.2 Å². The summed E-state index contributed by atoms with van der Waals surface area (Å²) in [6.07, 6.45) is 2.34. The van der Waals surface area contributed by atoms with E-state index in [1.165, 1.54) is 6.42 Å². The highest BCUT2D eigenvalue weighted by atomic mass is 16.3. The van der Waals surface area contributed by atoms with E-state index in [0.29, 0.717) is 11.8 Å². The van der Waals surface area contributed by atoms with Crippen LogP contribution in [0.3, 0.4) is 0 Å². The van der Waals surface area contributed by atoms with Crippen molar-refractivity contribution >= 4 is 0 Å². The number of aliphatic hydroxyl groups is 1. The van der Waals surface area contributed by atoms with E-state index in [-0.39, 0.29) is 5.60 Å². The Morgan fingerprint density at radius 3 is 2.29 bits per heavy atom. The minimum atomic E-state index is -0.153. The summed E-state index contributed by atoms with van der Waals surface area (Å²) >= 11 is 0. The first-order chi connectivity index (χ1) is 3.25. The molecule has 2 saturated carbocycles. The summed E-state index contributed by atoms with van der Waals surface area (Å²) < 4.78 is 0. The van der Waals surface area contributed by atoms with Gasteiger partial charge in [0.05, 0.1) is 5.60 Å². The first kappa shape index (κ1) is 3.90. The smallest absolute Gasteiger partial charge is 0.0708 e. The Kier molecular flexibility index (Phi) is 0.419. The van der Waals surface area contributed by atoms with Gasteiger partial charge in [-0.15, -0.1) is 0 Å². The molecule has 0 bridgehead atoms. The third-order valence-corrected chi connectivity index (χ3v) is 2.78. The Balaban J connectivity index is 2.20. The molecule has 0 aromatic heterocycles. The normalized spacial score (nSPS) is 66.0. The molecular weight excluding hydrogens is 88.1 g/mol. The van der Waals surface area contributed by atoms with Crippen LogP contribution in [-0.4, -0.2) is 10.7 Å². The molecule has 2 fully saturated rings. The molecule has 0 radical (unpaired) electrons. The van der Waals surface area contributed by atoms with Gasteiger partial charge in [0.2, 0.25) is 0 Å². The number of rotatable bonds is 0. The zero-order valence-electron chi connectivity index (χ0n) is 4.52. The molecule has 0 spiro atoms. The van der Waals surface area contributed by atoms with Crippen molar-refractivity contribution in [2.45, 2.75) is 25.4 Å². The van der Waals surface area contributed by atoms with E-state index in [4.69, 9.17) is 0 Å². The number of hydrogen-bond acceptors (Lipinski definition) is 1. The fourth-order valence-electron chi connectivity index (χ4n) is 1.79. The predicted octanol–water partition coefficient (Wildman–Crippen LogP) is 0.777. The van der Waals surface area contributed by atoms with E-state index in [0.717, 1.165) is 6.42 Å². The quantitative estimate of drug-likeness (QED) is 0.474. The monoisotopic (exact) mass is 98.1 g/mol. The van der Waals surface area contributed by atoms with Crippen molar-refractivity contribution in [1.29, 1.82) is 0 Å². The van der Waals surface area contributed by atoms with Gasteiger partial charge in [-0.1, -0.05) is 6.92 Å². The van der Waals surface area contributed by atoms with Crippen LogP contribution < -0.4 is 0 Å². The van der Waals surface area contributed by atoms with Gasteiger partial charge in [0.25, 0.3) is 0 Å². The Morgan fingerprint density at radius 2 is 2.29 bits per heavy atom. The molecule has 40 valence electrons. The van der Waals surface area contributed by atoms with Gasteiger partial charge in [0.1, 0.15) is 0 Å². The van der Waals surface area contributed by atoms with Gasteiger partial charge in [-0.25, -0.2) is 0 Å². The van der Waals surface area contributed by atoms with Crippen LogP contribution in [0.15, 0.2) is 0 Å². The van der Waals surface area contributed by atoms with Crippen molar-refractivity contribution in [3.63, 3.8) is 0 Å². The van der Waals surface area contributed by atoms with E-state index in [9.17, 15) is 5.11 Å². The summed E-state index contributed by atoms with van der Waals surface area (Å²) in [6.45, 7) is 2.14. The number of fused-ring (bicyclic) bond motifs is 1. The molecule has 2 aliphatic rings. The molecule has 3 unspecified atom stereocenters. The SMILES string of the molecule is CC1C2CCC12O. The highest BCUT2D eigenvalue weighted by Gasteiger charge is 2.67. The van der Waals surface area contributed by atoms with E-state index in [1.54, 1.807) is 0 Å². The summed E-state index contributed by atoms with van der Waals surface area (Å²) in [5.74, 6) is 1.33. The fourth-order valence-corrected chi connectivity index (χ4v) is 1.79. The van der Waals surface area contributed by atoms with Crippen molar-refractivity contribution in [2.75, 3.05) is 0 Å². The van der Waals surface area contributed by atoms with Crippen LogP contribution in [0.4, 0.5) is 0 Å². The maximum absolute atomic E-state index is 9.26. The molecule has 0 aliphatic heterocycles. The van der Waals surface area contributed by atoms with Crippen LogP contribution in [0.25, 0.3) is 0 Å². The van der Waals surface area contributed by atoms with Gasteiger partial charge in [0, 0.05) is 0 Å². The third-order valence-electron chi connectivity index (χ3n) is 2.78. The molecule has 3 atom stereocenters. The summed E-state index contributed by atoms with van der Waals surface area (Å²) in [6, 6.07) is 0. The van der Waals surface area contributed by atoms with E-state index < -0.39 is 0 Å². The largest absolute Gasteiger partial charge is 0.389 e. The van der Waals surface area contributed by atoms with Crippen molar-refractivity contribution in [3.05, 3.63) is 0 Å². The molecule has 1 N–H and O–H groups in total. The lowest BCUT2D eigenvalue weighted by Gasteiger charge is -2.17. The summed E-state index contributed by atoms with van der Waals surface area (Å²) in [4.78, 5) is 0. The minimum Gasteiger partial charge on any atom is -0.389 e. The third kappa shape index (κ3) is 0.235. The first-order valence-corrected chi connectivity index (χ1v) is 2.97. The molecule has 1 heteroatoms. The second-order valence-electron chi connectivity index (χ2n) is 2.93. The van der Waals surface area contributed by atoms with Gasteiger partial charge in [-0.3, -0.25) is 0 Å². The highest BCUT2D eigenvalue weighted by Crippen LogP contribution is 2.64. The molecule has 0 heterocycles. The molecular formula is C6H10O. The Bertz CT molecular complexity index is 105. The van der Waals surface area contributed by atoms with Crippen LogP contribution in [0, 0.1) is 11.8 Å². The van der Waals surface area contributed by atoms with Crippen LogP contribution in [0.1, 0.15) is 19.8 Å². The molecule has 0 aromatic carbocycles. The Labute approximate surface area is 43.3 Å². The molecule has 2 rings (SSSR count). The van der Waals surface area contributed by atoms with Gasteiger partial charge in [0.15, 0.2) is 0 Å². The van der Waals surface area contributed by atoms with Crippen LogP contribution >= 0.6 is 0 Å². The van der Waals surface area contributed by atoms with Crippen LogP contribution in [0.2, 0.25) is 0 Å². The van der Waals surface area contributed by atoms with Gasteiger partial charge in [-0.05, 0) is 24.7 Å². The highest BCUT2D eigenvalue weighted by molar-refractivity contribution is 5.17. The van der Waals surface area contributed by atoms with Crippen molar-refractivity contribution in [1.82, 2.24) is 0 Å². The van der Waals surface area contributed by atoms with E-state index in [1.807, 2.05) is 0 Å². The Morgan fingerprint density at radius 1 is 1.71 bits per heavy atom. The summed E-state index contributed by atoms with van der Waals surface area (Å²) in [5, 5.41) is 9.26. The zero-order chi connectivity index (χ0) is 5.07.